The number of unbranched alkanes of at least 4 members (excludes halogenated alkanes) is 5. The summed E-state index contributed by atoms with van der Waals surface area (Å²) in [5, 5.41) is 2.49. The fraction of sp³-hybridized carbons (Fsp3) is 0.842. The molecule has 0 spiro atoms. The molecule has 3 aliphatic heterocycles. The number of aliphatic imine (C=N–C) groups is 1. The second kappa shape index (κ2) is 8.73. The molecule has 3 rings (SSSR count). The van der Waals surface area contributed by atoms with Crippen LogP contribution in [0.15, 0.2) is 4.99 Å². The average molecular weight is 364 g/mol. The third-order valence-electron chi connectivity index (χ3n) is 5.73. The Kier molecular flexibility index (Phi) is 6.38. The van der Waals surface area contributed by atoms with Gasteiger partial charge in [0.2, 0.25) is 0 Å². The van der Waals surface area contributed by atoms with Gasteiger partial charge in [-0.2, -0.15) is 0 Å². The first kappa shape index (κ1) is 19.0. The van der Waals surface area contributed by atoms with Crippen LogP contribution in [0.1, 0.15) is 64.7 Å². The SMILES string of the molecule is CCCCCCCCN1C(N2CCCCC2)=NC2C1C(=O)NC(=O)N2C. The van der Waals surface area contributed by atoms with Gasteiger partial charge >= 0.3 is 6.03 Å². The van der Waals surface area contributed by atoms with Crippen LogP contribution in [-0.2, 0) is 4.79 Å². The number of guanidine groups is 1. The van der Waals surface area contributed by atoms with Gasteiger partial charge in [0.25, 0.3) is 5.91 Å². The Morgan fingerprint density at radius 1 is 1.04 bits per heavy atom. The molecule has 3 heterocycles. The summed E-state index contributed by atoms with van der Waals surface area (Å²) < 4.78 is 0. The number of amides is 3. The van der Waals surface area contributed by atoms with Crippen LogP contribution in [0.3, 0.4) is 0 Å². The van der Waals surface area contributed by atoms with Gasteiger partial charge in [0.15, 0.2) is 18.2 Å². The molecule has 0 aromatic rings. The van der Waals surface area contributed by atoms with Crippen LogP contribution in [0.25, 0.3) is 0 Å². The number of hydrogen-bond donors (Lipinski definition) is 1. The molecule has 26 heavy (non-hydrogen) atoms. The summed E-state index contributed by atoms with van der Waals surface area (Å²) in [5.41, 5.74) is 0. The third kappa shape index (κ3) is 3.96. The van der Waals surface area contributed by atoms with Gasteiger partial charge in [-0.3, -0.25) is 10.1 Å². The quantitative estimate of drug-likeness (QED) is 0.705. The number of carbonyl (C=O) groups excluding carboxylic acids is 2. The van der Waals surface area contributed by atoms with E-state index in [2.05, 4.69) is 22.0 Å². The first-order valence-corrected chi connectivity index (χ1v) is 10.3. The molecule has 0 aromatic heterocycles. The van der Waals surface area contributed by atoms with Crippen molar-refractivity contribution in [2.24, 2.45) is 4.99 Å². The van der Waals surface area contributed by atoms with E-state index in [1.807, 2.05) is 0 Å². The monoisotopic (exact) mass is 363 g/mol. The Morgan fingerprint density at radius 3 is 2.46 bits per heavy atom. The Balaban J connectivity index is 1.69. The Morgan fingerprint density at radius 2 is 1.73 bits per heavy atom. The van der Waals surface area contributed by atoms with Crippen molar-refractivity contribution in [2.45, 2.75) is 76.9 Å². The Hall–Kier alpha value is -1.79. The molecule has 2 unspecified atom stereocenters. The van der Waals surface area contributed by atoms with Crippen LogP contribution < -0.4 is 5.32 Å². The van der Waals surface area contributed by atoms with Gasteiger partial charge < -0.3 is 14.7 Å². The van der Waals surface area contributed by atoms with Crippen molar-refractivity contribution in [3.63, 3.8) is 0 Å². The highest BCUT2D eigenvalue weighted by atomic mass is 16.2. The van der Waals surface area contributed by atoms with Crippen LogP contribution in [0.4, 0.5) is 4.79 Å². The van der Waals surface area contributed by atoms with Crippen LogP contribution in [0.2, 0.25) is 0 Å². The van der Waals surface area contributed by atoms with E-state index in [0.29, 0.717) is 0 Å². The zero-order valence-electron chi connectivity index (χ0n) is 16.2. The van der Waals surface area contributed by atoms with Crippen LogP contribution >= 0.6 is 0 Å². The molecule has 0 aliphatic carbocycles. The number of rotatable bonds is 7. The van der Waals surface area contributed by atoms with Gasteiger partial charge in [-0.1, -0.05) is 39.0 Å². The van der Waals surface area contributed by atoms with Gasteiger partial charge in [0.1, 0.15) is 0 Å². The van der Waals surface area contributed by atoms with E-state index in [9.17, 15) is 9.59 Å². The third-order valence-corrected chi connectivity index (χ3v) is 5.73. The van der Waals surface area contributed by atoms with E-state index in [1.54, 1.807) is 11.9 Å². The largest absolute Gasteiger partial charge is 0.343 e. The summed E-state index contributed by atoms with van der Waals surface area (Å²) >= 11 is 0. The lowest BCUT2D eigenvalue weighted by atomic mass is 10.1. The Labute approximate surface area is 156 Å². The molecule has 1 N–H and O–H groups in total. The molecule has 2 fully saturated rings. The molecule has 3 aliphatic rings. The van der Waals surface area contributed by atoms with Crippen molar-refractivity contribution in [3.05, 3.63) is 0 Å². The zero-order chi connectivity index (χ0) is 18.5. The predicted octanol–water partition coefficient (Wildman–Crippen LogP) is 2.38. The molecule has 2 saturated heterocycles. The van der Waals surface area contributed by atoms with Gasteiger partial charge in [0.05, 0.1) is 0 Å². The second-order valence-corrected chi connectivity index (χ2v) is 7.70. The van der Waals surface area contributed by atoms with Crippen molar-refractivity contribution in [1.29, 1.82) is 0 Å². The number of likely N-dealkylation sites (N-methyl/N-ethyl adjacent to an activating group) is 1. The number of likely N-dealkylation sites (tertiary alicyclic amines) is 1. The highest BCUT2D eigenvalue weighted by molar-refractivity contribution is 6.03. The summed E-state index contributed by atoms with van der Waals surface area (Å²) in [4.78, 5) is 35.4. The standard InChI is InChI=1S/C19H33N5O2/c1-3-4-5-6-7-11-14-24-15-16(22(2)19(26)21-17(15)25)20-18(24)23-12-9-8-10-13-23/h15-16H,3-14H2,1-2H3,(H,21,25,26). The molecular formula is C19H33N5O2. The normalized spacial score (nSPS) is 26.1. The van der Waals surface area contributed by atoms with E-state index in [4.69, 9.17) is 4.99 Å². The number of piperidine rings is 1. The number of nitrogens with zero attached hydrogens (tertiary/aromatic N) is 4. The minimum Gasteiger partial charge on any atom is -0.343 e. The molecule has 7 nitrogen and oxygen atoms in total. The van der Waals surface area contributed by atoms with Crippen molar-refractivity contribution in [1.82, 2.24) is 20.0 Å². The second-order valence-electron chi connectivity index (χ2n) is 7.70. The molecule has 146 valence electrons. The Bertz CT molecular complexity index is 544. The summed E-state index contributed by atoms with van der Waals surface area (Å²) in [6, 6.07) is -0.732. The van der Waals surface area contributed by atoms with Gasteiger partial charge in [-0.05, 0) is 25.7 Å². The number of fused-ring (bicyclic) bond motifs is 1. The summed E-state index contributed by atoms with van der Waals surface area (Å²) in [6.45, 7) is 5.04. The lowest BCUT2D eigenvalue weighted by Crippen LogP contribution is -2.64. The molecule has 3 amide bonds. The van der Waals surface area contributed by atoms with Gasteiger partial charge in [-0.25, -0.2) is 9.79 Å². The first-order chi connectivity index (χ1) is 12.6. The fourth-order valence-corrected chi connectivity index (χ4v) is 4.17. The highest BCUT2D eigenvalue weighted by Crippen LogP contribution is 2.27. The van der Waals surface area contributed by atoms with Crippen LogP contribution in [-0.4, -0.2) is 71.5 Å². The number of nitrogens with one attached hydrogen (secondary N) is 1. The maximum absolute atomic E-state index is 12.6. The van der Waals surface area contributed by atoms with Crippen molar-refractivity contribution >= 4 is 17.9 Å². The van der Waals surface area contributed by atoms with E-state index in [-0.39, 0.29) is 18.0 Å². The summed E-state index contributed by atoms with van der Waals surface area (Å²) in [7, 11) is 1.73. The molecule has 0 aromatic carbocycles. The van der Waals surface area contributed by atoms with E-state index >= 15 is 0 Å². The lowest BCUT2D eigenvalue weighted by Gasteiger charge is -2.38. The van der Waals surface area contributed by atoms with Gasteiger partial charge in [0, 0.05) is 26.7 Å². The number of carbonyl (C=O) groups is 2. The highest BCUT2D eigenvalue weighted by Gasteiger charge is 2.49. The molecule has 7 heteroatoms. The molecule has 0 bridgehead atoms. The van der Waals surface area contributed by atoms with Crippen LogP contribution in [0, 0.1) is 0 Å². The van der Waals surface area contributed by atoms with Gasteiger partial charge in [-0.15, -0.1) is 0 Å². The van der Waals surface area contributed by atoms with E-state index in [1.165, 1.54) is 51.4 Å². The fourth-order valence-electron chi connectivity index (χ4n) is 4.17. The molecule has 0 saturated carbocycles. The molecule has 2 atom stereocenters. The van der Waals surface area contributed by atoms with E-state index < -0.39 is 6.17 Å². The minimum absolute atomic E-state index is 0.208. The summed E-state index contributed by atoms with van der Waals surface area (Å²) in [6.07, 6.45) is 10.5. The van der Waals surface area contributed by atoms with Crippen molar-refractivity contribution in [2.75, 3.05) is 26.7 Å². The average Bonchev–Trinajstić information content (AvgIpc) is 3.03. The van der Waals surface area contributed by atoms with E-state index in [0.717, 1.165) is 32.0 Å². The number of urea groups is 1. The zero-order valence-corrected chi connectivity index (χ0v) is 16.2. The number of hydrogen-bond acceptors (Lipinski definition) is 5. The maximum Gasteiger partial charge on any atom is 0.325 e. The molecule has 0 radical (unpaired) electrons. The predicted molar refractivity (Wildman–Crippen MR) is 102 cm³/mol. The van der Waals surface area contributed by atoms with Crippen molar-refractivity contribution < 1.29 is 9.59 Å². The molecular weight excluding hydrogens is 330 g/mol. The minimum atomic E-state index is -0.395. The lowest BCUT2D eigenvalue weighted by molar-refractivity contribution is -0.127. The summed E-state index contributed by atoms with van der Waals surface area (Å²) in [5.74, 6) is 0.713. The number of imide groups is 1. The topological polar surface area (TPSA) is 68.2 Å². The van der Waals surface area contributed by atoms with Crippen molar-refractivity contribution in [3.8, 4) is 0 Å². The first-order valence-electron chi connectivity index (χ1n) is 10.3. The smallest absolute Gasteiger partial charge is 0.325 e. The van der Waals surface area contributed by atoms with Crippen LogP contribution in [0.5, 0.6) is 0 Å². The maximum atomic E-state index is 12.6.